The highest BCUT2D eigenvalue weighted by Gasteiger charge is 2.27. The van der Waals surface area contributed by atoms with E-state index < -0.39 is 15.9 Å². The minimum absolute atomic E-state index is 0.131. The van der Waals surface area contributed by atoms with Gasteiger partial charge in [0.25, 0.3) is 10.0 Å². The summed E-state index contributed by atoms with van der Waals surface area (Å²) in [5.41, 5.74) is 3.74. The number of rotatable bonds is 7. The number of amides is 1. The van der Waals surface area contributed by atoms with Crippen LogP contribution in [0, 0.1) is 20.8 Å². The smallest absolute Gasteiger partial charge is 0.264 e. The number of benzene rings is 3. The first-order valence-electron chi connectivity index (χ1n) is 9.80. The summed E-state index contributed by atoms with van der Waals surface area (Å²) in [6, 6.07) is 19.0. The van der Waals surface area contributed by atoms with Crippen LogP contribution < -0.4 is 14.4 Å². The van der Waals surface area contributed by atoms with Gasteiger partial charge in [-0.05, 0) is 68.3 Å². The number of sulfonamides is 1. The van der Waals surface area contributed by atoms with Crippen LogP contribution >= 0.6 is 0 Å². The van der Waals surface area contributed by atoms with Crippen LogP contribution in [0.15, 0.2) is 71.6 Å². The molecule has 0 radical (unpaired) electrons. The van der Waals surface area contributed by atoms with Crippen LogP contribution in [0.1, 0.15) is 16.7 Å². The lowest BCUT2D eigenvalue weighted by atomic mass is 10.1. The van der Waals surface area contributed by atoms with E-state index in [1.54, 1.807) is 60.7 Å². The summed E-state index contributed by atoms with van der Waals surface area (Å²) in [5, 5.41) is 2.75. The summed E-state index contributed by atoms with van der Waals surface area (Å²) in [6.45, 7) is 5.31. The second-order valence-corrected chi connectivity index (χ2v) is 9.31. The third kappa shape index (κ3) is 5.44. The van der Waals surface area contributed by atoms with Crippen molar-refractivity contribution in [2.75, 3.05) is 23.3 Å². The molecule has 1 amide bonds. The zero-order chi connectivity index (χ0) is 22.6. The molecule has 0 aliphatic carbocycles. The Kier molecular flexibility index (Phi) is 6.65. The van der Waals surface area contributed by atoms with E-state index in [9.17, 15) is 13.2 Å². The van der Waals surface area contributed by atoms with Gasteiger partial charge in [0.1, 0.15) is 12.3 Å². The molecular formula is C24H26N2O4S. The molecule has 6 nitrogen and oxygen atoms in total. The van der Waals surface area contributed by atoms with E-state index in [0.717, 1.165) is 21.0 Å². The summed E-state index contributed by atoms with van der Waals surface area (Å²) < 4.78 is 33.3. The van der Waals surface area contributed by atoms with Gasteiger partial charge in [-0.25, -0.2) is 8.42 Å². The largest absolute Gasteiger partial charge is 0.497 e. The molecule has 3 rings (SSSR count). The van der Waals surface area contributed by atoms with Crippen molar-refractivity contribution < 1.29 is 17.9 Å². The fraction of sp³-hybridized carbons (Fsp3) is 0.208. The number of anilines is 2. The number of nitrogens with one attached hydrogen (secondary N) is 1. The zero-order valence-electron chi connectivity index (χ0n) is 18.0. The molecule has 0 spiro atoms. The highest BCUT2D eigenvalue weighted by atomic mass is 32.2. The maximum absolute atomic E-state index is 13.5. The standard InChI is InChI=1S/C24H26N2O4S/c1-17-8-10-23(11-9-17)31(28,29)26(21-13-18(2)12-19(3)14-21)16-24(27)25-20-6-5-7-22(15-20)30-4/h5-15H,16H2,1-4H3,(H,25,27). The van der Waals surface area contributed by atoms with Gasteiger partial charge >= 0.3 is 0 Å². The fourth-order valence-electron chi connectivity index (χ4n) is 3.28. The molecule has 0 fully saturated rings. The molecule has 31 heavy (non-hydrogen) atoms. The first-order valence-corrected chi connectivity index (χ1v) is 11.2. The number of hydrogen-bond acceptors (Lipinski definition) is 4. The number of hydrogen-bond donors (Lipinski definition) is 1. The SMILES string of the molecule is COc1cccc(NC(=O)CN(c2cc(C)cc(C)c2)S(=O)(=O)c2ccc(C)cc2)c1. The van der Waals surface area contributed by atoms with E-state index >= 15 is 0 Å². The minimum Gasteiger partial charge on any atom is -0.497 e. The fourth-order valence-corrected chi connectivity index (χ4v) is 4.68. The minimum atomic E-state index is -3.96. The first kappa shape index (κ1) is 22.4. The Hall–Kier alpha value is -3.32. The second-order valence-electron chi connectivity index (χ2n) is 7.45. The summed E-state index contributed by atoms with van der Waals surface area (Å²) in [6.07, 6.45) is 0. The Bertz CT molecular complexity index is 1170. The molecule has 0 aromatic heterocycles. The van der Waals surface area contributed by atoms with Crippen molar-refractivity contribution in [2.24, 2.45) is 0 Å². The zero-order valence-corrected chi connectivity index (χ0v) is 18.9. The number of methoxy groups -OCH3 is 1. The van der Waals surface area contributed by atoms with Crippen LogP contribution in [0.25, 0.3) is 0 Å². The Morgan fingerprint density at radius 1 is 0.903 bits per heavy atom. The Morgan fingerprint density at radius 3 is 2.16 bits per heavy atom. The number of carbonyl (C=O) groups excluding carboxylic acids is 1. The monoisotopic (exact) mass is 438 g/mol. The Balaban J connectivity index is 1.97. The molecule has 7 heteroatoms. The molecule has 3 aromatic carbocycles. The number of nitrogens with zero attached hydrogens (tertiary/aromatic N) is 1. The number of carbonyl (C=O) groups is 1. The van der Waals surface area contributed by atoms with Gasteiger partial charge in [0.15, 0.2) is 0 Å². The predicted molar refractivity (Wildman–Crippen MR) is 123 cm³/mol. The predicted octanol–water partition coefficient (Wildman–Crippen LogP) is 4.45. The van der Waals surface area contributed by atoms with Crippen molar-refractivity contribution in [2.45, 2.75) is 25.7 Å². The van der Waals surface area contributed by atoms with Crippen molar-refractivity contribution in [3.63, 3.8) is 0 Å². The lowest BCUT2D eigenvalue weighted by molar-refractivity contribution is -0.114. The van der Waals surface area contributed by atoms with Crippen molar-refractivity contribution in [3.8, 4) is 5.75 Å². The van der Waals surface area contributed by atoms with Crippen LogP contribution in [0.3, 0.4) is 0 Å². The average Bonchev–Trinajstić information content (AvgIpc) is 2.71. The highest BCUT2D eigenvalue weighted by molar-refractivity contribution is 7.92. The van der Waals surface area contributed by atoms with Gasteiger partial charge in [-0.1, -0.05) is 29.8 Å². The number of aryl methyl sites for hydroxylation is 3. The quantitative estimate of drug-likeness (QED) is 0.591. The van der Waals surface area contributed by atoms with Crippen LogP contribution in [-0.4, -0.2) is 28.0 Å². The molecule has 0 unspecified atom stereocenters. The van der Waals surface area contributed by atoms with Crippen molar-refractivity contribution >= 4 is 27.3 Å². The average molecular weight is 439 g/mol. The maximum atomic E-state index is 13.5. The van der Waals surface area contributed by atoms with Crippen molar-refractivity contribution in [3.05, 3.63) is 83.4 Å². The van der Waals surface area contributed by atoms with Gasteiger partial charge < -0.3 is 10.1 Å². The summed E-state index contributed by atoms with van der Waals surface area (Å²) >= 11 is 0. The molecule has 0 saturated carbocycles. The van der Waals surface area contributed by atoms with E-state index in [2.05, 4.69) is 5.32 Å². The van der Waals surface area contributed by atoms with Gasteiger partial charge in [0.2, 0.25) is 5.91 Å². The van der Waals surface area contributed by atoms with E-state index in [-0.39, 0.29) is 11.4 Å². The molecule has 3 aromatic rings. The van der Waals surface area contributed by atoms with Gasteiger partial charge in [-0.15, -0.1) is 0 Å². The van der Waals surface area contributed by atoms with Crippen LogP contribution in [0.4, 0.5) is 11.4 Å². The number of ether oxygens (including phenoxy) is 1. The van der Waals surface area contributed by atoms with Crippen molar-refractivity contribution in [1.29, 1.82) is 0 Å². The van der Waals surface area contributed by atoms with E-state index in [1.165, 1.54) is 7.11 Å². The molecule has 0 aliphatic rings. The highest BCUT2D eigenvalue weighted by Crippen LogP contribution is 2.26. The molecule has 0 heterocycles. The lowest BCUT2D eigenvalue weighted by Crippen LogP contribution is -2.38. The Labute approximate surface area is 183 Å². The molecule has 0 saturated heterocycles. The molecule has 0 aliphatic heterocycles. The second kappa shape index (κ2) is 9.22. The molecule has 0 atom stereocenters. The maximum Gasteiger partial charge on any atom is 0.264 e. The van der Waals surface area contributed by atoms with Gasteiger partial charge in [-0.2, -0.15) is 0 Å². The summed E-state index contributed by atoms with van der Waals surface area (Å²) in [7, 11) is -2.42. The van der Waals surface area contributed by atoms with Crippen LogP contribution in [0.5, 0.6) is 5.75 Å². The topological polar surface area (TPSA) is 75.7 Å². The molecule has 162 valence electrons. The Morgan fingerprint density at radius 2 is 1.55 bits per heavy atom. The lowest BCUT2D eigenvalue weighted by Gasteiger charge is -2.25. The van der Waals surface area contributed by atoms with Gasteiger partial charge in [0.05, 0.1) is 17.7 Å². The third-order valence-corrected chi connectivity index (χ3v) is 6.53. The van der Waals surface area contributed by atoms with Crippen LogP contribution in [0.2, 0.25) is 0 Å². The molecule has 1 N–H and O–H groups in total. The molecule has 0 bridgehead atoms. The summed E-state index contributed by atoms with van der Waals surface area (Å²) in [4.78, 5) is 13.0. The third-order valence-electron chi connectivity index (χ3n) is 4.74. The van der Waals surface area contributed by atoms with Gasteiger partial charge in [-0.3, -0.25) is 9.10 Å². The van der Waals surface area contributed by atoms with Crippen LogP contribution in [-0.2, 0) is 14.8 Å². The normalized spacial score (nSPS) is 11.1. The molecular weight excluding hydrogens is 412 g/mol. The van der Waals surface area contributed by atoms with E-state index in [0.29, 0.717) is 17.1 Å². The van der Waals surface area contributed by atoms with Gasteiger partial charge in [0, 0.05) is 11.8 Å². The van der Waals surface area contributed by atoms with Crippen molar-refractivity contribution in [1.82, 2.24) is 0 Å². The first-order chi connectivity index (χ1) is 14.7. The summed E-state index contributed by atoms with van der Waals surface area (Å²) in [5.74, 6) is 0.138. The van der Waals surface area contributed by atoms with E-state index in [4.69, 9.17) is 4.74 Å². The van der Waals surface area contributed by atoms with E-state index in [1.807, 2.05) is 26.8 Å².